The first-order valence-electron chi connectivity index (χ1n) is 10.0. The van der Waals surface area contributed by atoms with Gasteiger partial charge in [0.1, 0.15) is 17.3 Å². The number of sulfonamides is 1. The number of hydrogen-bond donors (Lipinski definition) is 1. The van der Waals surface area contributed by atoms with Crippen LogP contribution in [0.2, 0.25) is 0 Å². The van der Waals surface area contributed by atoms with Crippen LogP contribution in [0.4, 0.5) is 10.1 Å². The smallest absolute Gasteiger partial charge is 0.265 e. The third-order valence-electron chi connectivity index (χ3n) is 5.29. The molecule has 170 valence electrons. The number of amides is 2. The summed E-state index contributed by atoms with van der Waals surface area (Å²) < 4.78 is 51.2. The largest absolute Gasteiger partial charge is 0.484 e. The molecule has 11 heteroatoms. The summed E-state index contributed by atoms with van der Waals surface area (Å²) in [5, 5.41) is 2.64. The summed E-state index contributed by atoms with van der Waals surface area (Å²) >= 11 is 0. The Morgan fingerprint density at radius 1 is 1.16 bits per heavy atom. The second-order valence-electron chi connectivity index (χ2n) is 7.43. The monoisotopic (exact) mass is 463 g/mol. The molecule has 0 aliphatic carbocycles. The van der Waals surface area contributed by atoms with Crippen LogP contribution in [-0.2, 0) is 19.6 Å². The number of benzene rings is 2. The SMILES string of the molecule is C[C@H]1Oc2ccc(S(=O)(=O)N3CCN(C(=O)COc4ccc(F)cc4)CC3)cc2NC1=O. The van der Waals surface area contributed by atoms with Crippen molar-refractivity contribution in [3.05, 3.63) is 48.3 Å². The van der Waals surface area contributed by atoms with Gasteiger partial charge in [0.05, 0.1) is 10.6 Å². The Kier molecular flexibility index (Phi) is 6.02. The summed E-state index contributed by atoms with van der Waals surface area (Å²) in [6.45, 7) is 2.07. The number of piperazine rings is 1. The Hall–Kier alpha value is -3.18. The fourth-order valence-electron chi connectivity index (χ4n) is 3.44. The lowest BCUT2D eigenvalue weighted by molar-refractivity contribution is -0.134. The van der Waals surface area contributed by atoms with Gasteiger partial charge in [-0.2, -0.15) is 4.31 Å². The standard InChI is InChI=1S/C21H22FN3O6S/c1-14-21(27)23-18-12-17(6-7-19(18)31-14)32(28,29)25-10-8-24(9-11-25)20(26)13-30-16-4-2-15(22)3-5-16/h2-7,12,14H,8-11,13H2,1H3,(H,23,27)/t14-/m1/s1. The summed E-state index contributed by atoms with van der Waals surface area (Å²) in [4.78, 5) is 25.8. The molecule has 2 heterocycles. The molecular formula is C21H22FN3O6S. The van der Waals surface area contributed by atoms with Crippen LogP contribution < -0.4 is 14.8 Å². The van der Waals surface area contributed by atoms with Crippen LogP contribution >= 0.6 is 0 Å². The van der Waals surface area contributed by atoms with Gasteiger partial charge in [0.2, 0.25) is 10.0 Å². The van der Waals surface area contributed by atoms with Gasteiger partial charge in [0.15, 0.2) is 12.7 Å². The normalized spacial score (nSPS) is 19.0. The average molecular weight is 463 g/mol. The van der Waals surface area contributed by atoms with Crippen LogP contribution in [0.3, 0.4) is 0 Å². The molecule has 4 rings (SSSR count). The fraction of sp³-hybridized carbons (Fsp3) is 0.333. The molecule has 0 spiro atoms. The second kappa shape index (κ2) is 8.75. The minimum absolute atomic E-state index is 0.0362. The highest BCUT2D eigenvalue weighted by Gasteiger charge is 2.32. The van der Waals surface area contributed by atoms with Crippen LogP contribution in [-0.4, -0.2) is 68.3 Å². The van der Waals surface area contributed by atoms with Crippen molar-refractivity contribution in [2.24, 2.45) is 0 Å². The predicted molar refractivity (Wildman–Crippen MR) is 112 cm³/mol. The highest BCUT2D eigenvalue weighted by Crippen LogP contribution is 2.33. The van der Waals surface area contributed by atoms with E-state index in [1.165, 1.54) is 51.7 Å². The van der Waals surface area contributed by atoms with Crippen molar-refractivity contribution in [2.45, 2.75) is 17.9 Å². The van der Waals surface area contributed by atoms with E-state index in [-0.39, 0.29) is 49.5 Å². The molecule has 0 saturated carbocycles. The topological polar surface area (TPSA) is 105 Å². The van der Waals surface area contributed by atoms with E-state index in [9.17, 15) is 22.4 Å². The van der Waals surface area contributed by atoms with Crippen molar-refractivity contribution in [1.29, 1.82) is 0 Å². The number of nitrogens with zero attached hydrogens (tertiary/aromatic N) is 2. The Morgan fingerprint density at radius 2 is 1.84 bits per heavy atom. The van der Waals surface area contributed by atoms with Gasteiger partial charge in [0, 0.05) is 26.2 Å². The molecule has 1 fully saturated rings. The molecule has 2 aliphatic heterocycles. The van der Waals surface area contributed by atoms with Crippen molar-refractivity contribution < 1.29 is 31.9 Å². The first kappa shape index (κ1) is 22.0. The molecule has 0 unspecified atom stereocenters. The van der Waals surface area contributed by atoms with Gasteiger partial charge >= 0.3 is 0 Å². The molecule has 0 radical (unpaired) electrons. The lowest BCUT2D eigenvalue weighted by Crippen LogP contribution is -2.51. The molecule has 2 amide bonds. The summed E-state index contributed by atoms with van der Waals surface area (Å²) in [7, 11) is -3.81. The van der Waals surface area contributed by atoms with Gasteiger partial charge in [-0.05, 0) is 49.4 Å². The molecule has 1 N–H and O–H groups in total. The molecule has 2 aromatic carbocycles. The van der Waals surface area contributed by atoms with Crippen LogP contribution in [0.25, 0.3) is 0 Å². The molecular weight excluding hydrogens is 441 g/mol. The van der Waals surface area contributed by atoms with Crippen molar-refractivity contribution in [2.75, 3.05) is 38.1 Å². The highest BCUT2D eigenvalue weighted by molar-refractivity contribution is 7.89. The van der Waals surface area contributed by atoms with Gasteiger partial charge in [-0.3, -0.25) is 9.59 Å². The average Bonchev–Trinajstić information content (AvgIpc) is 2.79. The number of carbonyl (C=O) groups excluding carboxylic acids is 2. The molecule has 1 atom stereocenters. The molecule has 0 aromatic heterocycles. The minimum atomic E-state index is -3.81. The van der Waals surface area contributed by atoms with Gasteiger partial charge in [-0.1, -0.05) is 0 Å². The van der Waals surface area contributed by atoms with Gasteiger partial charge in [0.25, 0.3) is 11.8 Å². The molecule has 0 bridgehead atoms. The van der Waals surface area contributed by atoms with Gasteiger partial charge in [-0.25, -0.2) is 12.8 Å². The fourth-order valence-corrected chi connectivity index (χ4v) is 4.89. The van der Waals surface area contributed by atoms with E-state index in [4.69, 9.17) is 9.47 Å². The quantitative estimate of drug-likeness (QED) is 0.720. The molecule has 2 aromatic rings. The second-order valence-corrected chi connectivity index (χ2v) is 9.37. The number of hydrogen-bond acceptors (Lipinski definition) is 6. The zero-order valence-corrected chi connectivity index (χ0v) is 18.1. The zero-order chi connectivity index (χ0) is 22.9. The Balaban J connectivity index is 1.36. The van der Waals surface area contributed by atoms with Crippen molar-refractivity contribution in [1.82, 2.24) is 9.21 Å². The number of carbonyl (C=O) groups is 2. The zero-order valence-electron chi connectivity index (χ0n) is 17.3. The number of rotatable bonds is 5. The maximum Gasteiger partial charge on any atom is 0.265 e. The lowest BCUT2D eigenvalue weighted by Gasteiger charge is -2.34. The van der Waals surface area contributed by atoms with Gasteiger partial charge < -0.3 is 19.7 Å². The van der Waals surface area contributed by atoms with E-state index in [1.54, 1.807) is 6.92 Å². The van der Waals surface area contributed by atoms with Crippen molar-refractivity contribution in [3.8, 4) is 11.5 Å². The van der Waals surface area contributed by atoms with E-state index >= 15 is 0 Å². The van der Waals surface area contributed by atoms with E-state index in [0.717, 1.165) is 0 Å². The Labute approximate surface area is 184 Å². The molecule has 1 saturated heterocycles. The summed E-state index contributed by atoms with van der Waals surface area (Å²) in [6, 6.07) is 9.67. The summed E-state index contributed by atoms with van der Waals surface area (Å²) in [5.41, 5.74) is 0.306. The summed E-state index contributed by atoms with van der Waals surface area (Å²) in [6.07, 6.45) is -0.650. The van der Waals surface area contributed by atoms with E-state index in [1.807, 2.05) is 0 Å². The maximum absolute atomic E-state index is 13.0. The number of anilines is 1. The number of fused-ring (bicyclic) bond motifs is 1. The number of nitrogens with one attached hydrogen (secondary N) is 1. The first-order chi connectivity index (χ1) is 15.2. The van der Waals surface area contributed by atoms with Crippen LogP contribution in [0.5, 0.6) is 11.5 Å². The third-order valence-corrected chi connectivity index (χ3v) is 7.18. The van der Waals surface area contributed by atoms with Gasteiger partial charge in [-0.15, -0.1) is 0 Å². The summed E-state index contributed by atoms with van der Waals surface area (Å²) in [5.74, 6) is -0.243. The van der Waals surface area contributed by atoms with E-state index in [2.05, 4.69) is 5.32 Å². The lowest BCUT2D eigenvalue weighted by atomic mass is 10.2. The first-order valence-corrected chi connectivity index (χ1v) is 11.5. The number of ether oxygens (including phenoxy) is 2. The molecule has 32 heavy (non-hydrogen) atoms. The highest BCUT2D eigenvalue weighted by atomic mass is 32.2. The molecule has 2 aliphatic rings. The van der Waals surface area contributed by atoms with E-state index in [0.29, 0.717) is 17.2 Å². The van der Waals surface area contributed by atoms with Crippen LogP contribution in [0.1, 0.15) is 6.92 Å². The Morgan fingerprint density at radius 3 is 2.53 bits per heavy atom. The third kappa shape index (κ3) is 4.53. The minimum Gasteiger partial charge on any atom is -0.484 e. The number of halogens is 1. The maximum atomic E-state index is 13.0. The Bertz CT molecular complexity index is 1130. The van der Waals surface area contributed by atoms with Crippen molar-refractivity contribution in [3.63, 3.8) is 0 Å². The van der Waals surface area contributed by atoms with E-state index < -0.39 is 21.9 Å². The predicted octanol–water partition coefficient (Wildman–Crippen LogP) is 1.46. The van der Waals surface area contributed by atoms with Crippen LogP contribution in [0, 0.1) is 5.82 Å². The van der Waals surface area contributed by atoms with Crippen molar-refractivity contribution >= 4 is 27.5 Å². The molecule has 9 nitrogen and oxygen atoms in total. The van der Waals surface area contributed by atoms with Crippen LogP contribution in [0.15, 0.2) is 47.4 Å².